The number of fused-ring (bicyclic) bond motifs is 2. The SMILES string of the molecule is O=C(Cn1c2c(sc1=O)[C@H](c1cccc(Br)c1)C1C(=O)N(c3ccc(F)cc3)C(=O)C1S2)N1CCOCC1. The number of thioether (sulfide) groups is 1. The lowest BCUT2D eigenvalue weighted by molar-refractivity contribution is -0.136. The number of imide groups is 1. The molecule has 12 heteroatoms. The van der Waals surface area contributed by atoms with E-state index in [1.165, 1.54) is 28.8 Å². The van der Waals surface area contributed by atoms with E-state index in [2.05, 4.69) is 15.9 Å². The molecule has 0 N–H and O–H groups in total. The minimum absolute atomic E-state index is 0.149. The molecule has 0 saturated carbocycles. The lowest BCUT2D eigenvalue weighted by Gasteiger charge is -2.31. The largest absolute Gasteiger partial charge is 0.378 e. The molecule has 0 bridgehead atoms. The van der Waals surface area contributed by atoms with Crippen molar-refractivity contribution in [2.45, 2.75) is 22.7 Å². The maximum atomic E-state index is 13.8. The van der Waals surface area contributed by atoms with Gasteiger partial charge in [-0.3, -0.25) is 23.7 Å². The third-order valence-electron chi connectivity index (χ3n) is 7.00. The predicted molar refractivity (Wildman–Crippen MR) is 144 cm³/mol. The van der Waals surface area contributed by atoms with E-state index in [1.54, 1.807) is 4.90 Å². The second kappa shape index (κ2) is 10.1. The van der Waals surface area contributed by atoms with Gasteiger partial charge in [-0.05, 0) is 42.0 Å². The van der Waals surface area contributed by atoms with Gasteiger partial charge in [0.15, 0.2) is 0 Å². The number of nitrogens with zero attached hydrogens (tertiary/aromatic N) is 3. The summed E-state index contributed by atoms with van der Waals surface area (Å²) < 4.78 is 21.1. The molecule has 4 heterocycles. The quantitative estimate of drug-likeness (QED) is 0.417. The van der Waals surface area contributed by atoms with Crippen molar-refractivity contribution in [2.24, 2.45) is 5.92 Å². The van der Waals surface area contributed by atoms with Gasteiger partial charge in [0.2, 0.25) is 17.7 Å². The Morgan fingerprint density at radius 3 is 2.50 bits per heavy atom. The molecule has 196 valence electrons. The first-order valence-electron chi connectivity index (χ1n) is 12.0. The number of hydrogen-bond acceptors (Lipinski definition) is 7. The van der Waals surface area contributed by atoms with Crippen LogP contribution in [0.25, 0.3) is 0 Å². The van der Waals surface area contributed by atoms with E-state index in [4.69, 9.17) is 4.74 Å². The maximum Gasteiger partial charge on any atom is 0.308 e. The zero-order chi connectivity index (χ0) is 26.6. The van der Waals surface area contributed by atoms with Crippen molar-refractivity contribution in [3.63, 3.8) is 0 Å². The molecule has 8 nitrogen and oxygen atoms in total. The lowest BCUT2D eigenvalue weighted by atomic mass is 9.83. The van der Waals surface area contributed by atoms with Gasteiger partial charge in [0.25, 0.3) is 0 Å². The number of amides is 3. The molecule has 38 heavy (non-hydrogen) atoms. The number of morpholine rings is 1. The van der Waals surface area contributed by atoms with Crippen LogP contribution in [0.3, 0.4) is 0 Å². The second-order valence-electron chi connectivity index (χ2n) is 9.20. The van der Waals surface area contributed by atoms with Crippen LogP contribution in [0.4, 0.5) is 10.1 Å². The molecule has 2 saturated heterocycles. The first-order chi connectivity index (χ1) is 18.3. The van der Waals surface area contributed by atoms with E-state index >= 15 is 0 Å². The number of anilines is 1. The summed E-state index contributed by atoms with van der Waals surface area (Å²) in [5.74, 6) is -2.81. The molecule has 2 aromatic carbocycles. The van der Waals surface area contributed by atoms with Gasteiger partial charge < -0.3 is 9.64 Å². The Bertz CT molecular complexity index is 1500. The fourth-order valence-corrected chi connectivity index (χ4v) is 8.40. The average molecular weight is 619 g/mol. The number of ether oxygens (including phenoxy) is 1. The van der Waals surface area contributed by atoms with E-state index in [9.17, 15) is 23.6 Å². The molecule has 2 unspecified atom stereocenters. The number of rotatable bonds is 4. The molecule has 6 rings (SSSR count). The zero-order valence-corrected chi connectivity index (χ0v) is 23.1. The highest BCUT2D eigenvalue weighted by atomic mass is 79.9. The normalized spacial score (nSPS) is 22.9. The van der Waals surface area contributed by atoms with Crippen LogP contribution in [-0.4, -0.2) is 58.7 Å². The second-order valence-corrected chi connectivity index (χ2v) is 12.2. The number of carbonyl (C=O) groups excluding carboxylic acids is 3. The summed E-state index contributed by atoms with van der Waals surface area (Å²) in [6.07, 6.45) is 0. The fourth-order valence-electron chi connectivity index (χ4n) is 5.21. The van der Waals surface area contributed by atoms with Crippen molar-refractivity contribution < 1.29 is 23.5 Å². The third-order valence-corrected chi connectivity index (χ3v) is 10.1. The molecule has 3 aliphatic heterocycles. The summed E-state index contributed by atoms with van der Waals surface area (Å²) in [7, 11) is 0. The molecule has 3 atom stereocenters. The lowest BCUT2D eigenvalue weighted by Crippen LogP contribution is -2.43. The van der Waals surface area contributed by atoms with Crippen molar-refractivity contribution in [3.05, 3.63) is 78.9 Å². The zero-order valence-electron chi connectivity index (χ0n) is 19.8. The van der Waals surface area contributed by atoms with E-state index in [0.29, 0.717) is 41.9 Å². The van der Waals surface area contributed by atoms with Gasteiger partial charge in [-0.2, -0.15) is 0 Å². The molecule has 0 aliphatic carbocycles. The van der Waals surface area contributed by atoms with E-state index < -0.39 is 34.7 Å². The van der Waals surface area contributed by atoms with Crippen molar-refractivity contribution in [3.8, 4) is 0 Å². The van der Waals surface area contributed by atoms with E-state index in [1.807, 2.05) is 24.3 Å². The Kier molecular flexibility index (Phi) is 6.75. The highest BCUT2D eigenvalue weighted by Crippen LogP contribution is 2.54. The van der Waals surface area contributed by atoms with Crippen LogP contribution in [0.5, 0.6) is 0 Å². The first kappa shape index (κ1) is 25.5. The van der Waals surface area contributed by atoms with Gasteiger partial charge in [-0.1, -0.05) is 51.2 Å². The smallest absolute Gasteiger partial charge is 0.308 e. The van der Waals surface area contributed by atoms with Gasteiger partial charge in [-0.25, -0.2) is 9.29 Å². The third kappa shape index (κ3) is 4.33. The van der Waals surface area contributed by atoms with Crippen LogP contribution in [0.2, 0.25) is 0 Å². The number of thiazole rings is 1. The molecule has 0 spiro atoms. The Balaban J connectivity index is 1.44. The maximum absolute atomic E-state index is 13.8. The summed E-state index contributed by atoms with van der Waals surface area (Å²) >= 11 is 5.66. The molecule has 0 radical (unpaired) electrons. The van der Waals surface area contributed by atoms with Crippen LogP contribution >= 0.6 is 39.0 Å². The van der Waals surface area contributed by atoms with Gasteiger partial charge in [0.1, 0.15) is 17.6 Å². The van der Waals surface area contributed by atoms with E-state index in [0.717, 1.165) is 38.0 Å². The van der Waals surface area contributed by atoms with Crippen molar-refractivity contribution >= 4 is 62.4 Å². The number of benzene rings is 2. The molecular formula is C26H21BrFN3O5S2. The topological polar surface area (TPSA) is 88.9 Å². The number of halogens is 2. The number of carbonyl (C=O) groups is 3. The van der Waals surface area contributed by atoms with Crippen molar-refractivity contribution in [1.29, 1.82) is 0 Å². The average Bonchev–Trinajstić information content (AvgIpc) is 3.36. The molecule has 3 aromatic rings. The van der Waals surface area contributed by atoms with Gasteiger partial charge in [0, 0.05) is 28.4 Å². The van der Waals surface area contributed by atoms with Crippen LogP contribution in [0.1, 0.15) is 16.4 Å². The Morgan fingerprint density at radius 1 is 1.05 bits per heavy atom. The Labute approximate surface area is 233 Å². The van der Waals surface area contributed by atoms with Crippen molar-refractivity contribution in [2.75, 3.05) is 31.2 Å². The molecule has 3 aliphatic rings. The van der Waals surface area contributed by atoms with Crippen molar-refractivity contribution in [1.82, 2.24) is 9.47 Å². The van der Waals surface area contributed by atoms with Gasteiger partial charge >= 0.3 is 4.87 Å². The highest BCUT2D eigenvalue weighted by Gasteiger charge is 2.56. The summed E-state index contributed by atoms with van der Waals surface area (Å²) in [4.78, 5) is 56.9. The van der Waals surface area contributed by atoms with Crippen LogP contribution < -0.4 is 9.77 Å². The fraction of sp³-hybridized carbons (Fsp3) is 0.308. The summed E-state index contributed by atoms with van der Waals surface area (Å²) in [5, 5.41) is -0.266. The predicted octanol–water partition coefficient (Wildman–Crippen LogP) is 3.47. The summed E-state index contributed by atoms with van der Waals surface area (Å²) in [6.45, 7) is 1.66. The van der Waals surface area contributed by atoms with Crippen LogP contribution in [-0.2, 0) is 25.7 Å². The number of hydrogen-bond donors (Lipinski definition) is 0. The van der Waals surface area contributed by atoms with Gasteiger partial charge in [-0.15, -0.1) is 0 Å². The Hall–Kier alpha value is -2.80. The van der Waals surface area contributed by atoms with E-state index in [-0.39, 0.29) is 17.3 Å². The molecule has 3 amide bonds. The summed E-state index contributed by atoms with van der Waals surface area (Å²) in [5.41, 5.74) is 1.08. The monoisotopic (exact) mass is 617 g/mol. The first-order valence-corrected chi connectivity index (χ1v) is 14.5. The standard InChI is InChI=1S/C26H21BrFN3O5S2/c27-15-3-1-2-14(12-15)19-20-21(24(34)31(23(20)33)17-6-4-16(28)5-7-17)37-25-22(19)38-26(35)30(25)13-18(32)29-8-10-36-11-9-29/h1-7,12,19-21H,8-11,13H2/t19-,20?,21?/m1/s1. The number of aromatic nitrogens is 1. The minimum atomic E-state index is -0.803. The molecule has 2 fully saturated rings. The molecule has 1 aromatic heterocycles. The minimum Gasteiger partial charge on any atom is -0.378 e. The van der Waals surface area contributed by atoms with Gasteiger partial charge in [0.05, 0.1) is 29.8 Å². The van der Waals surface area contributed by atoms with Crippen LogP contribution in [0, 0.1) is 11.7 Å². The highest BCUT2D eigenvalue weighted by molar-refractivity contribution is 9.10. The summed E-state index contributed by atoms with van der Waals surface area (Å²) in [6, 6.07) is 12.7. The Morgan fingerprint density at radius 2 is 1.79 bits per heavy atom. The van der Waals surface area contributed by atoms with Crippen LogP contribution in [0.15, 0.2) is 62.8 Å². The molecular weight excluding hydrogens is 597 g/mol.